The molecule has 0 fully saturated rings. The topological polar surface area (TPSA) is 42.9 Å². The van der Waals surface area contributed by atoms with Crippen LogP contribution in [0.25, 0.3) is 11.0 Å². The Morgan fingerprint density at radius 1 is 1.29 bits per heavy atom. The van der Waals surface area contributed by atoms with Gasteiger partial charge in [-0.2, -0.15) is 0 Å². The smallest absolute Gasteiger partial charge is 0.255 e. The van der Waals surface area contributed by atoms with Gasteiger partial charge in [0.1, 0.15) is 5.69 Å². The van der Waals surface area contributed by atoms with Gasteiger partial charge in [-0.15, -0.1) is 6.42 Å². The van der Waals surface area contributed by atoms with Gasteiger partial charge in [-0.3, -0.25) is 9.78 Å². The van der Waals surface area contributed by atoms with E-state index in [4.69, 9.17) is 6.42 Å². The minimum atomic E-state index is -0.441. The van der Waals surface area contributed by atoms with Crippen molar-refractivity contribution in [2.75, 3.05) is 0 Å². The van der Waals surface area contributed by atoms with Crippen molar-refractivity contribution < 1.29 is 4.79 Å². The van der Waals surface area contributed by atoms with Gasteiger partial charge >= 0.3 is 0 Å². The van der Waals surface area contributed by atoms with Crippen LogP contribution in [0.1, 0.15) is 10.5 Å². The van der Waals surface area contributed by atoms with E-state index in [-0.39, 0.29) is 5.69 Å². The molecule has 0 saturated heterocycles. The van der Waals surface area contributed by atoms with Gasteiger partial charge in [0, 0.05) is 0 Å². The van der Waals surface area contributed by atoms with Crippen LogP contribution in [-0.2, 0) is 0 Å². The van der Waals surface area contributed by atoms with Crippen LogP contribution in [0.4, 0.5) is 0 Å². The van der Waals surface area contributed by atoms with E-state index in [0.29, 0.717) is 5.52 Å². The number of rotatable bonds is 1. The predicted octanol–water partition coefficient (Wildman–Crippen LogP) is 1.45. The average Bonchev–Trinajstić information content (AvgIpc) is 2.27. The van der Waals surface area contributed by atoms with Crippen LogP contribution in [0.15, 0.2) is 30.5 Å². The molecule has 0 aliphatic heterocycles. The van der Waals surface area contributed by atoms with E-state index in [2.05, 4.69) is 9.97 Å². The summed E-state index contributed by atoms with van der Waals surface area (Å²) in [6.45, 7) is 0. The van der Waals surface area contributed by atoms with E-state index in [1.165, 1.54) is 6.20 Å². The fourth-order valence-corrected chi connectivity index (χ4v) is 1.14. The number of nitrogens with zero attached hydrogens (tertiary/aromatic N) is 2. The summed E-state index contributed by atoms with van der Waals surface area (Å²) >= 11 is 0. The zero-order chi connectivity index (χ0) is 9.97. The van der Waals surface area contributed by atoms with E-state index < -0.39 is 5.78 Å². The maximum Gasteiger partial charge on any atom is 0.255 e. The summed E-state index contributed by atoms with van der Waals surface area (Å²) < 4.78 is 0. The third-order valence-electron chi connectivity index (χ3n) is 1.81. The number of benzene rings is 1. The third-order valence-corrected chi connectivity index (χ3v) is 1.81. The lowest BCUT2D eigenvalue weighted by Gasteiger charge is -1.96. The molecule has 0 amide bonds. The lowest BCUT2D eigenvalue weighted by Crippen LogP contribution is -1.99. The van der Waals surface area contributed by atoms with Gasteiger partial charge in [0.15, 0.2) is 0 Å². The second kappa shape index (κ2) is 3.27. The number of aromatic nitrogens is 2. The Bertz CT molecular complexity index is 540. The number of carbonyl (C=O) groups excluding carboxylic acids is 1. The molecule has 0 atom stereocenters. The summed E-state index contributed by atoms with van der Waals surface area (Å²) in [6, 6.07) is 7.31. The average molecular weight is 182 g/mol. The van der Waals surface area contributed by atoms with Crippen molar-refractivity contribution in [3.63, 3.8) is 0 Å². The molecule has 1 heterocycles. The van der Waals surface area contributed by atoms with E-state index in [0.717, 1.165) is 5.52 Å². The maximum atomic E-state index is 11.1. The van der Waals surface area contributed by atoms with E-state index >= 15 is 0 Å². The SMILES string of the molecule is C#CC(=O)c1cnc2ccccc2n1. The number of hydrogen-bond acceptors (Lipinski definition) is 3. The van der Waals surface area contributed by atoms with Gasteiger partial charge in [-0.1, -0.05) is 12.1 Å². The number of fused-ring (bicyclic) bond motifs is 1. The molecule has 1 aromatic heterocycles. The molecule has 0 saturated carbocycles. The Kier molecular flexibility index (Phi) is 1.96. The van der Waals surface area contributed by atoms with Crippen molar-refractivity contribution in [3.05, 3.63) is 36.2 Å². The van der Waals surface area contributed by atoms with Gasteiger partial charge in [0.2, 0.25) is 0 Å². The maximum absolute atomic E-state index is 11.1. The van der Waals surface area contributed by atoms with Crippen molar-refractivity contribution >= 4 is 16.8 Å². The first-order valence-electron chi connectivity index (χ1n) is 4.04. The summed E-state index contributed by atoms with van der Waals surface area (Å²) in [5.74, 6) is 1.56. The summed E-state index contributed by atoms with van der Waals surface area (Å²) in [5.41, 5.74) is 1.64. The van der Waals surface area contributed by atoms with E-state index in [1.54, 1.807) is 6.07 Å². The predicted molar refractivity (Wildman–Crippen MR) is 52.7 cm³/mol. The summed E-state index contributed by atoms with van der Waals surface area (Å²) in [7, 11) is 0. The Morgan fingerprint density at radius 3 is 2.71 bits per heavy atom. The van der Waals surface area contributed by atoms with Gasteiger partial charge < -0.3 is 0 Å². The molecule has 3 nitrogen and oxygen atoms in total. The minimum absolute atomic E-state index is 0.214. The number of carbonyl (C=O) groups is 1. The number of ketones is 1. The first kappa shape index (κ1) is 8.39. The quantitative estimate of drug-likeness (QED) is 0.381. The third kappa shape index (κ3) is 1.34. The van der Waals surface area contributed by atoms with Gasteiger partial charge in [0.05, 0.1) is 17.2 Å². The standard InChI is InChI=1S/C11H6N2O/c1-2-11(14)10-7-12-8-5-3-4-6-9(8)13-10/h1,3-7H. The highest BCUT2D eigenvalue weighted by Gasteiger charge is 2.04. The van der Waals surface area contributed by atoms with Crippen molar-refractivity contribution in [2.45, 2.75) is 0 Å². The Hall–Kier alpha value is -2.21. The molecule has 14 heavy (non-hydrogen) atoms. The Morgan fingerprint density at radius 2 is 2.00 bits per heavy atom. The number of terminal acetylenes is 1. The first-order valence-corrected chi connectivity index (χ1v) is 4.04. The summed E-state index contributed by atoms with van der Waals surface area (Å²) in [4.78, 5) is 19.3. The van der Waals surface area contributed by atoms with Gasteiger partial charge in [-0.05, 0) is 18.1 Å². The molecule has 66 valence electrons. The van der Waals surface area contributed by atoms with E-state index in [1.807, 2.05) is 24.1 Å². The normalized spacial score (nSPS) is 9.64. The zero-order valence-electron chi connectivity index (χ0n) is 7.27. The van der Waals surface area contributed by atoms with Crippen LogP contribution in [0, 0.1) is 12.3 Å². The number of hydrogen-bond donors (Lipinski definition) is 0. The summed E-state index contributed by atoms with van der Waals surface area (Å²) in [5, 5.41) is 0. The van der Waals surface area contributed by atoms with Gasteiger partial charge in [-0.25, -0.2) is 4.98 Å². The molecule has 1 aromatic carbocycles. The molecule has 0 aliphatic rings. The molecule has 3 heteroatoms. The summed E-state index contributed by atoms with van der Waals surface area (Å²) in [6.07, 6.45) is 6.37. The van der Waals surface area contributed by atoms with Crippen LogP contribution in [0.3, 0.4) is 0 Å². The second-order valence-corrected chi connectivity index (χ2v) is 2.72. The molecule has 0 aliphatic carbocycles. The number of Topliss-reactive ketones (excluding diaryl/α,β-unsaturated/α-hetero) is 1. The monoisotopic (exact) mass is 182 g/mol. The lowest BCUT2D eigenvalue weighted by molar-refractivity contribution is 0.105. The lowest BCUT2D eigenvalue weighted by atomic mass is 10.2. The molecule has 0 unspecified atom stereocenters. The molecular formula is C11H6N2O. The molecular weight excluding hydrogens is 176 g/mol. The molecule has 0 bridgehead atoms. The van der Waals surface area contributed by atoms with Crippen LogP contribution in [0.2, 0.25) is 0 Å². The van der Waals surface area contributed by atoms with Crippen LogP contribution >= 0.6 is 0 Å². The molecule has 2 rings (SSSR count). The fraction of sp³-hybridized carbons (Fsp3) is 0. The first-order chi connectivity index (χ1) is 6.81. The highest BCUT2D eigenvalue weighted by Crippen LogP contribution is 2.08. The molecule has 2 aromatic rings. The van der Waals surface area contributed by atoms with Crippen LogP contribution < -0.4 is 0 Å². The van der Waals surface area contributed by atoms with Crippen LogP contribution in [0.5, 0.6) is 0 Å². The van der Waals surface area contributed by atoms with Crippen LogP contribution in [-0.4, -0.2) is 15.8 Å². The van der Waals surface area contributed by atoms with Crippen molar-refractivity contribution in [3.8, 4) is 12.3 Å². The minimum Gasteiger partial charge on any atom is -0.277 e. The van der Waals surface area contributed by atoms with Crippen molar-refractivity contribution in [1.82, 2.24) is 9.97 Å². The largest absolute Gasteiger partial charge is 0.277 e. The second-order valence-electron chi connectivity index (χ2n) is 2.72. The Balaban J connectivity index is 2.64. The Labute approximate surface area is 80.8 Å². The molecule has 0 radical (unpaired) electrons. The zero-order valence-corrected chi connectivity index (χ0v) is 7.27. The number of para-hydroxylation sites is 2. The molecule has 0 N–H and O–H groups in total. The van der Waals surface area contributed by atoms with Gasteiger partial charge in [0.25, 0.3) is 5.78 Å². The van der Waals surface area contributed by atoms with Crippen molar-refractivity contribution in [2.24, 2.45) is 0 Å². The molecule has 0 spiro atoms. The van der Waals surface area contributed by atoms with Crippen molar-refractivity contribution in [1.29, 1.82) is 0 Å². The fourth-order valence-electron chi connectivity index (χ4n) is 1.14. The highest BCUT2D eigenvalue weighted by molar-refractivity contribution is 6.07. The highest BCUT2D eigenvalue weighted by atomic mass is 16.1. The van der Waals surface area contributed by atoms with E-state index in [9.17, 15) is 4.79 Å².